The van der Waals surface area contributed by atoms with Gasteiger partial charge < -0.3 is 4.90 Å². The van der Waals surface area contributed by atoms with Gasteiger partial charge in [-0.1, -0.05) is 31.4 Å². The SMILES string of the molecule is O=C(CCn1ncc(=O)c2ccccc21)N1CC[C@@H]2CCCC[C@@H]2C1. The number of para-hydroxylation sites is 1. The van der Waals surface area contributed by atoms with E-state index in [9.17, 15) is 9.59 Å². The predicted octanol–water partition coefficient (Wildman–Crippen LogP) is 2.83. The van der Waals surface area contributed by atoms with Crippen molar-refractivity contribution in [3.8, 4) is 0 Å². The molecule has 1 aliphatic carbocycles. The lowest BCUT2D eigenvalue weighted by Gasteiger charge is -2.41. The Morgan fingerprint density at radius 1 is 1.12 bits per heavy atom. The predicted molar refractivity (Wildman–Crippen MR) is 97.3 cm³/mol. The van der Waals surface area contributed by atoms with Crippen molar-refractivity contribution in [3.05, 3.63) is 40.7 Å². The number of benzene rings is 1. The molecule has 0 unspecified atom stereocenters. The first kappa shape index (κ1) is 16.3. The maximum absolute atomic E-state index is 12.7. The van der Waals surface area contributed by atoms with E-state index < -0.39 is 0 Å². The number of nitrogens with zero attached hydrogens (tertiary/aromatic N) is 3. The van der Waals surface area contributed by atoms with Crippen molar-refractivity contribution < 1.29 is 4.79 Å². The number of hydrogen-bond donors (Lipinski definition) is 0. The molecule has 1 saturated heterocycles. The fourth-order valence-corrected chi connectivity index (χ4v) is 4.53. The number of carbonyl (C=O) groups excluding carboxylic acids is 1. The Morgan fingerprint density at radius 3 is 2.80 bits per heavy atom. The minimum Gasteiger partial charge on any atom is -0.342 e. The molecule has 4 rings (SSSR count). The van der Waals surface area contributed by atoms with E-state index in [4.69, 9.17) is 0 Å². The second-order valence-electron chi connectivity index (χ2n) is 7.43. The number of rotatable bonds is 3. The Hall–Kier alpha value is -2.17. The average molecular weight is 339 g/mol. The van der Waals surface area contributed by atoms with Crippen LogP contribution in [0.4, 0.5) is 0 Å². The summed E-state index contributed by atoms with van der Waals surface area (Å²) in [6.45, 7) is 2.35. The molecule has 1 aromatic carbocycles. The second kappa shape index (κ2) is 6.98. The van der Waals surface area contributed by atoms with E-state index in [0.717, 1.165) is 30.9 Å². The molecule has 2 aromatic rings. The highest BCUT2D eigenvalue weighted by molar-refractivity contribution is 5.79. The first-order chi connectivity index (χ1) is 12.2. The first-order valence-corrected chi connectivity index (χ1v) is 9.45. The number of amides is 1. The highest BCUT2D eigenvalue weighted by Gasteiger charge is 2.32. The molecule has 5 nitrogen and oxygen atoms in total. The van der Waals surface area contributed by atoms with Crippen molar-refractivity contribution >= 4 is 16.8 Å². The van der Waals surface area contributed by atoms with Crippen LogP contribution in [0.1, 0.15) is 38.5 Å². The van der Waals surface area contributed by atoms with Gasteiger partial charge in [-0.05, 0) is 36.8 Å². The molecular formula is C20H25N3O2. The minimum absolute atomic E-state index is 0.0717. The van der Waals surface area contributed by atoms with Gasteiger partial charge in [0, 0.05) is 24.9 Å². The van der Waals surface area contributed by atoms with Crippen LogP contribution in [-0.2, 0) is 11.3 Å². The highest BCUT2D eigenvalue weighted by Crippen LogP contribution is 2.36. The van der Waals surface area contributed by atoms with Gasteiger partial charge in [0.15, 0.2) is 0 Å². The Balaban J connectivity index is 1.42. The average Bonchev–Trinajstić information content (AvgIpc) is 2.67. The quantitative estimate of drug-likeness (QED) is 0.864. The number of hydrogen-bond acceptors (Lipinski definition) is 3. The number of piperidine rings is 1. The summed E-state index contributed by atoms with van der Waals surface area (Å²) in [5.74, 6) is 1.76. The molecule has 132 valence electrons. The zero-order chi connectivity index (χ0) is 17.2. The summed E-state index contributed by atoms with van der Waals surface area (Å²) in [7, 11) is 0. The molecule has 1 aliphatic heterocycles. The van der Waals surface area contributed by atoms with E-state index in [0.29, 0.717) is 24.3 Å². The zero-order valence-electron chi connectivity index (χ0n) is 14.6. The highest BCUT2D eigenvalue weighted by atomic mass is 16.2. The fraction of sp³-hybridized carbons (Fsp3) is 0.550. The first-order valence-electron chi connectivity index (χ1n) is 9.45. The molecule has 0 N–H and O–H groups in total. The van der Waals surface area contributed by atoms with Gasteiger partial charge in [0.25, 0.3) is 0 Å². The van der Waals surface area contributed by atoms with Crippen molar-refractivity contribution in [2.24, 2.45) is 11.8 Å². The van der Waals surface area contributed by atoms with Gasteiger partial charge in [-0.3, -0.25) is 14.3 Å². The largest absolute Gasteiger partial charge is 0.342 e. The van der Waals surface area contributed by atoms with E-state index in [-0.39, 0.29) is 11.3 Å². The lowest BCUT2D eigenvalue weighted by molar-refractivity contribution is -0.134. The Morgan fingerprint density at radius 2 is 1.92 bits per heavy atom. The molecule has 0 spiro atoms. The second-order valence-corrected chi connectivity index (χ2v) is 7.43. The van der Waals surface area contributed by atoms with Gasteiger partial charge >= 0.3 is 0 Å². The molecule has 2 heterocycles. The van der Waals surface area contributed by atoms with E-state index >= 15 is 0 Å². The molecule has 2 aliphatic rings. The van der Waals surface area contributed by atoms with Crippen LogP contribution in [0.5, 0.6) is 0 Å². The summed E-state index contributed by atoms with van der Waals surface area (Å²) in [5, 5.41) is 4.88. The van der Waals surface area contributed by atoms with Crippen LogP contribution in [0.3, 0.4) is 0 Å². The minimum atomic E-state index is -0.0717. The summed E-state index contributed by atoms with van der Waals surface area (Å²) in [5.41, 5.74) is 0.728. The van der Waals surface area contributed by atoms with Crippen molar-refractivity contribution in [2.75, 3.05) is 13.1 Å². The normalized spacial score (nSPS) is 23.4. The van der Waals surface area contributed by atoms with Crippen LogP contribution >= 0.6 is 0 Å². The van der Waals surface area contributed by atoms with Crippen molar-refractivity contribution in [2.45, 2.75) is 45.1 Å². The summed E-state index contributed by atoms with van der Waals surface area (Å²) in [6, 6.07) is 7.45. The van der Waals surface area contributed by atoms with Crippen molar-refractivity contribution in [1.82, 2.24) is 14.7 Å². The van der Waals surface area contributed by atoms with E-state index in [1.54, 1.807) is 4.68 Å². The maximum Gasteiger partial charge on any atom is 0.224 e. The van der Waals surface area contributed by atoms with E-state index in [1.165, 1.54) is 31.9 Å². The number of fused-ring (bicyclic) bond motifs is 2. The molecule has 25 heavy (non-hydrogen) atoms. The number of likely N-dealkylation sites (tertiary alicyclic amines) is 1. The van der Waals surface area contributed by atoms with Gasteiger partial charge in [0.05, 0.1) is 18.3 Å². The van der Waals surface area contributed by atoms with Crippen LogP contribution in [-0.4, -0.2) is 33.7 Å². The van der Waals surface area contributed by atoms with Gasteiger partial charge in [0.1, 0.15) is 0 Å². The monoisotopic (exact) mass is 339 g/mol. The molecule has 0 bridgehead atoms. The summed E-state index contributed by atoms with van der Waals surface area (Å²) < 4.78 is 1.78. The molecule has 2 atom stereocenters. The fourth-order valence-electron chi connectivity index (χ4n) is 4.53. The van der Waals surface area contributed by atoms with Gasteiger partial charge in [0.2, 0.25) is 11.3 Å². The lowest BCUT2D eigenvalue weighted by Crippen LogP contribution is -2.45. The van der Waals surface area contributed by atoms with Crippen LogP contribution in [0, 0.1) is 11.8 Å². The van der Waals surface area contributed by atoms with Crippen molar-refractivity contribution in [1.29, 1.82) is 0 Å². The Labute approximate surface area is 147 Å². The smallest absolute Gasteiger partial charge is 0.224 e. The van der Waals surface area contributed by atoms with Crippen LogP contribution < -0.4 is 5.43 Å². The third-order valence-electron chi connectivity index (χ3n) is 5.94. The molecule has 1 saturated carbocycles. The molecule has 1 aromatic heterocycles. The number of aromatic nitrogens is 2. The van der Waals surface area contributed by atoms with Crippen LogP contribution in [0.15, 0.2) is 35.3 Å². The van der Waals surface area contributed by atoms with Gasteiger partial charge in [-0.15, -0.1) is 0 Å². The topological polar surface area (TPSA) is 55.2 Å². The van der Waals surface area contributed by atoms with Crippen LogP contribution in [0.2, 0.25) is 0 Å². The molecular weight excluding hydrogens is 314 g/mol. The summed E-state index contributed by atoms with van der Waals surface area (Å²) in [6.07, 6.45) is 8.25. The summed E-state index contributed by atoms with van der Waals surface area (Å²) in [4.78, 5) is 26.6. The standard InChI is InChI=1S/C20H25N3O2/c24-19-13-21-23(18-8-4-3-7-17(18)19)12-10-20(25)22-11-9-15-5-1-2-6-16(15)14-22/h3-4,7-8,13,15-16H,1-2,5-6,9-12,14H2/t15-,16+/m0/s1. The lowest BCUT2D eigenvalue weighted by atomic mass is 9.75. The molecule has 2 fully saturated rings. The zero-order valence-corrected chi connectivity index (χ0v) is 14.6. The molecule has 1 amide bonds. The number of carbonyl (C=O) groups is 1. The molecule has 0 radical (unpaired) electrons. The Bertz CT molecular complexity index is 829. The van der Waals surface area contributed by atoms with E-state index in [2.05, 4.69) is 10.00 Å². The Kier molecular flexibility index (Phi) is 4.55. The summed E-state index contributed by atoms with van der Waals surface area (Å²) >= 11 is 0. The third-order valence-corrected chi connectivity index (χ3v) is 5.94. The van der Waals surface area contributed by atoms with Gasteiger partial charge in [-0.2, -0.15) is 5.10 Å². The van der Waals surface area contributed by atoms with Gasteiger partial charge in [-0.25, -0.2) is 0 Å². The van der Waals surface area contributed by atoms with E-state index in [1.807, 2.05) is 24.3 Å². The van der Waals surface area contributed by atoms with Crippen LogP contribution in [0.25, 0.3) is 10.9 Å². The third kappa shape index (κ3) is 3.32. The number of aryl methyl sites for hydroxylation is 1. The van der Waals surface area contributed by atoms with Crippen molar-refractivity contribution in [3.63, 3.8) is 0 Å². The molecule has 5 heteroatoms. The maximum atomic E-state index is 12.7.